The van der Waals surface area contributed by atoms with Crippen LogP contribution in [0.2, 0.25) is 0 Å². The minimum atomic E-state index is 0.578. The van der Waals surface area contributed by atoms with Crippen molar-refractivity contribution in [3.05, 3.63) is 18.0 Å². The highest BCUT2D eigenvalue weighted by molar-refractivity contribution is 5.06. The highest BCUT2D eigenvalue weighted by atomic mass is 15.3. The zero-order chi connectivity index (χ0) is 12.7. The summed E-state index contributed by atoms with van der Waals surface area (Å²) in [4.78, 5) is 0. The Morgan fingerprint density at radius 2 is 2.12 bits per heavy atom. The van der Waals surface area contributed by atoms with Gasteiger partial charge in [0.25, 0.3) is 0 Å². The van der Waals surface area contributed by atoms with Gasteiger partial charge < -0.3 is 5.32 Å². The van der Waals surface area contributed by atoms with Crippen LogP contribution >= 0.6 is 0 Å². The first-order valence-electron chi connectivity index (χ1n) is 6.95. The Labute approximate surface area is 106 Å². The van der Waals surface area contributed by atoms with Crippen molar-refractivity contribution in [3.8, 4) is 0 Å². The number of hydrogen-bond acceptors (Lipinski definition) is 2. The molecule has 0 saturated heterocycles. The summed E-state index contributed by atoms with van der Waals surface area (Å²) in [6.45, 7) is 10.9. The SMILES string of the molecule is CCCC(C)C(Cc1cnn(CC)c1)NCC. The van der Waals surface area contributed by atoms with Gasteiger partial charge in [0.05, 0.1) is 6.20 Å². The van der Waals surface area contributed by atoms with Gasteiger partial charge in [-0.3, -0.25) is 4.68 Å². The third-order valence-corrected chi connectivity index (χ3v) is 3.36. The summed E-state index contributed by atoms with van der Waals surface area (Å²) in [5, 5.41) is 7.95. The predicted octanol–water partition coefficient (Wildman–Crippen LogP) is 2.86. The molecule has 0 saturated carbocycles. The number of likely N-dealkylation sites (N-methyl/N-ethyl adjacent to an activating group) is 1. The van der Waals surface area contributed by atoms with Gasteiger partial charge in [-0.05, 0) is 37.8 Å². The van der Waals surface area contributed by atoms with E-state index in [4.69, 9.17) is 0 Å². The third-order valence-electron chi connectivity index (χ3n) is 3.36. The summed E-state index contributed by atoms with van der Waals surface area (Å²) in [7, 11) is 0. The fourth-order valence-electron chi connectivity index (χ4n) is 2.33. The molecule has 0 fully saturated rings. The molecule has 0 aromatic carbocycles. The highest BCUT2D eigenvalue weighted by Crippen LogP contribution is 2.15. The second-order valence-corrected chi connectivity index (χ2v) is 4.84. The average Bonchev–Trinajstić information content (AvgIpc) is 2.76. The van der Waals surface area contributed by atoms with Gasteiger partial charge in [-0.1, -0.05) is 27.2 Å². The molecule has 1 heterocycles. The molecule has 0 spiro atoms. The molecule has 1 aromatic rings. The Kier molecular flexibility index (Phi) is 6.27. The van der Waals surface area contributed by atoms with Gasteiger partial charge in [0.15, 0.2) is 0 Å². The van der Waals surface area contributed by atoms with Crippen LogP contribution < -0.4 is 5.32 Å². The number of rotatable bonds is 8. The van der Waals surface area contributed by atoms with E-state index in [1.807, 2.05) is 10.9 Å². The van der Waals surface area contributed by atoms with Crippen LogP contribution in [0.15, 0.2) is 12.4 Å². The molecule has 98 valence electrons. The first kappa shape index (κ1) is 14.2. The van der Waals surface area contributed by atoms with Gasteiger partial charge >= 0.3 is 0 Å². The van der Waals surface area contributed by atoms with Crippen molar-refractivity contribution in [1.82, 2.24) is 15.1 Å². The lowest BCUT2D eigenvalue weighted by Crippen LogP contribution is -2.36. The zero-order valence-corrected chi connectivity index (χ0v) is 11.7. The molecule has 0 aliphatic carbocycles. The predicted molar refractivity (Wildman–Crippen MR) is 73.1 cm³/mol. The van der Waals surface area contributed by atoms with Gasteiger partial charge in [0, 0.05) is 18.8 Å². The summed E-state index contributed by atoms with van der Waals surface area (Å²) in [6.07, 6.45) is 7.82. The van der Waals surface area contributed by atoms with Crippen LogP contribution in [0, 0.1) is 5.92 Å². The molecular weight excluding hydrogens is 210 g/mol. The lowest BCUT2D eigenvalue weighted by molar-refractivity contribution is 0.358. The number of aromatic nitrogens is 2. The van der Waals surface area contributed by atoms with Gasteiger partial charge in [-0.15, -0.1) is 0 Å². The van der Waals surface area contributed by atoms with Crippen molar-refractivity contribution in [2.45, 2.75) is 59.5 Å². The summed E-state index contributed by atoms with van der Waals surface area (Å²) in [5.74, 6) is 0.727. The van der Waals surface area contributed by atoms with Crippen LogP contribution in [0.25, 0.3) is 0 Å². The van der Waals surface area contributed by atoms with Crippen molar-refractivity contribution < 1.29 is 0 Å². The lowest BCUT2D eigenvalue weighted by Gasteiger charge is -2.24. The molecule has 1 aromatic heterocycles. The van der Waals surface area contributed by atoms with Crippen LogP contribution in [-0.2, 0) is 13.0 Å². The molecule has 3 nitrogen and oxygen atoms in total. The summed E-state index contributed by atoms with van der Waals surface area (Å²) in [6, 6.07) is 0.578. The van der Waals surface area contributed by atoms with E-state index in [2.05, 4.69) is 44.3 Å². The van der Waals surface area contributed by atoms with Crippen LogP contribution in [0.1, 0.15) is 46.1 Å². The minimum absolute atomic E-state index is 0.578. The second kappa shape index (κ2) is 7.49. The van der Waals surface area contributed by atoms with Crippen molar-refractivity contribution in [1.29, 1.82) is 0 Å². The number of nitrogens with one attached hydrogen (secondary N) is 1. The maximum Gasteiger partial charge on any atom is 0.0522 e. The molecule has 1 rings (SSSR count). The van der Waals surface area contributed by atoms with Crippen molar-refractivity contribution in [2.24, 2.45) is 5.92 Å². The van der Waals surface area contributed by atoms with Gasteiger partial charge in [-0.25, -0.2) is 0 Å². The molecule has 2 atom stereocenters. The van der Waals surface area contributed by atoms with Crippen LogP contribution in [-0.4, -0.2) is 22.4 Å². The number of nitrogens with zero attached hydrogens (tertiary/aromatic N) is 2. The fourth-order valence-corrected chi connectivity index (χ4v) is 2.33. The van der Waals surface area contributed by atoms with Gasteiger partial charge in [0.1, 0.15) is 0 Å². The Morgan fingerprint density at radius 3 is 2.65 bits per heavy atom. The molecule has 0 radical (unpaired) electrons. The summed E-state index contributed by atoms with van der Waals surface area (Å²) >= 11 is 0. The zero-order valence-electron chi connectivity index (χ0n) is 11.7. The van der Waals surface area contributed by atoms with Crippen molar-refractivity contribution in [2.75, 3.05) is 6.54 Å². The van der Waals surface area contributed by atoms with E-state index in [-0.39, 0.29) is 0 Å². The first-order chi connectivity index (χ1) is 8.21. The molecular formula is C14H27N3. The minimum Gasteiger partial charge on any atom is -0.314 e. The molecule has 2 unspecified atom stereocenters. The smallest absolute Gasteiger partial charge is 0.0522 e. The third kappa shape index (κ3) is 4.50. The Hall–Kier alpha value is -0.830. The van der Waals surface area contributed by atoms with Crippen LogP contribution in [0.4, 0.5) is 0 Å². The summed E-state index contributed by atoms with van der Waals surface area (Å²) in [5.41, 5.74) is 1.35. The van der Waals surface area contributed by atoms with E-state index in [0.29, 0.717) is 6.04 Å². The van der Waals surface area contributed by atoms with E-state index < -0.39 is 0 Å². The molecule has 0 aliphatic rings. The Bertz CT molecular complexity index is 306. The molecule has 1 N–H and O–H groups in total. The molecule has 17 heavy (non-hydrogen) atoms. The second-order valence-electron chi connectivity index (χ2n) is 4.84. The maximum atomic E-state index is 4.34. The Morgan fingerprint density at radius 1 is 1.35 bits per heavy atom. The van der Waals surface area contributed by atoms with Crippen molar-refractivity contribution >= 4 is 0 Å². The lowest BCUT2D eigenvalue weighted by atomic mass is 9.92. The van der Waals surface area contributed by atoms with Gasteiger partial charge in [0.2, 0.25) is 0 Å². The van der Waals surface area contributed by atoms with E-state index in [0.717, 1.165) is 25.4 Å². The molecule has 3 heteroatoms. The summed E-state index contributed by atoms with van der Waals surface area (Å²) < 4.78 is 2.00. The fraction of sp³-hybridized carbons (Fsp3) is 0.786. The van der Waals surface area contributed by atoms with Crippen LogP contribution in [0.3, 0.4) is 0 Å². The van der Waals surface area contributed by atoms with Gasteiger partial charge in [-0.2, -0.15) is 5.10 Å². The quantitative estimate of drug-likeness (QED) is 0.753. The number of hydrogen-bond donors (Lipinski definition) is 1. The normalized spacial score (nSPS) is 14.8. The van der Waals surface area contributed by atoms with E-state index in [1.54, 1.807) is 0 Å². The molecule has 0 amide bonds. The van der Waals surface area contributed by atoms with E-state index >= 15 is 0 Å². The monoisotopic (exact) mass is 237 g/mol. The standard InChI is InChI=1S/C14H27N3/c1-5-8-12(4)14(15-6-2)9-13-10-16-17(7-3)11-13/h10-12,14-15H,5-9H2,1-4H3. The van der Waals surface area contributed by atoms with Crippen LogP contribution in [0.5, 0.6) is 0 Å². The Balaban J connectivity index is 2.58. The van der Waals surface area contributed by atoms with E-state index in [9.17, 15) is 0 Å². The maximum absolute atomic E-state index is 4.34. The molecule has 0 bridgehead atoms. The number of aryl methyl sites for hydroxylation is 1. The largest absolute Gasteiger partial charge is 0.314 e. The molecule has 0 aliphatic heterocycles. The van der Waals surface area contributed by atoms with E-state index in [1.165, 1.54) is 18.4 Å². The average molecular weight is 237 g/mol. The first-order valence-corrected chi connectivity index (χ1v) is 6.95. The van der Waals surface area contributed by atoms with Crippen molar-refractivity contribution in [3.63, 3.8) is 0 Å². The topological polar surface area (TPSA) is 29.9 Å². The highest BCUT2D eigenvalue weighted by Gasteiger charge is 2.16.